The summed E-state index contributed by atoms with van der Waals surface area (Å²) in [6, 6.07) is 7.68. The molecule has 3 heteroatoms. The fourth-order valence-corrected chi connectivity index (χ4v) is 2.95. The van der Waals surface area contributed by atoms with Gasteiger partial charge in [-0.3, -0.25) is 4.79 Å². The maximum atomic E-state index is 11.2. The van der Waals surface area contributed by atoms with Gasteiger partial charge in [0.05, 0.1) is 6.04 Å². The summed E-state index contributed by atoms with van der Waals surface area (Å²) in [5, 5.41) is 13.8. The van der Waals surface area contributed by atoms with Crippen molar-refractivity contribution < 1.29 is 9.90 Å². The summed E-state index contributed by atoms with van der Waals surface area (Å²) in [5.41, 5.74) is 0.834. The number of rotatable bonds is 2. The van der Waals surface area contributed by atoms with Crippen LogP contribution < -0.4 is 5.32 Å². The number of carbonyl (C=O) groups excluding carboxylic acids is 1. The molecule has 1 aromatic rings. The van der Waals surface area contributed by atoms with Gasteiger partial charge in [0.15, 0.2) is 0 Å². The van der Waals surface area contributed by atoms with Gasteiger partial charge in [-0.05, 0) is 18.9 Å². The Balaban J connectivity index is 2.35. The van der Waals surface area contributed by atoms with Gasteiger partial charge >= 0.3 is 0 Å². The monoisotopic (exact) mass is 247 g/mol. The van der Waals surface area contributed by atoms with Crippen LogP contribution in [0.5, 0.6) is 0 Å². The van der Waals surface area contributed by atoms with Crippen molar-refractivity contribution in [3.8, 4) is 0 Å². The Morgan fingerprint density at radius 1 is 1.33 bits per heavy atom. The van der Waals surface area contributed by atoms with E-state index >= 15 is 0 Å². The van der Waals surface area contributed by atoms with Crippen LogP contribution in [0, 0.1) is 12.3 Å². The van der Waals surface area contributed by atoms with E-state index in [-0.39, 0.29) is 17.4 Å². The largest absolute Gasteiger partial charge is 0.382 e. The SMILES string of the molecule is CC(=O)NC1CC(C)(C)C1(O)c1ccc(C)cc1. The van der Waals surface area contributed by atoms with E-state index in [4.69, 9.17) is 0 Å². The van der Waals surface area contributed by atoms with Gasteiger partial charge in [0, 0.05) is 12.3 Å². The first-order chi connectivity index (χ1) is 8.27. The van der Waals surface area contributed by atoms with Crippen molar-refractivity contribution in [2.45, 2.75) is 45.8 Å². The lowest BCUT2D eigenvalue weighted by molar-refractivity contribution is -0.186. The summed E-state index contributed by atoms with van der Waals surface area (Å²) < 4.78 is 0. The molecule has 2 atom stereocenters. The number of nitrogens with one attached hydrogen (secondary N) is 1. The van der Waals surface area contributed by atoms with Crippen molar-refractivity contribution in [3.63, 3.8) is 0 Å². The summed E-state index contributed by atoms with van der Waals surface area (Å²) in [6.07, 6.45) is 0.789. The van der Waals surface area contributed by atoms with E-state index in [1.54, 1.807) is 0 Å². The molecule has 0 spiro atoms. The zero-order chi connectivity index (χ0) is 13.6. The van der Waals surface area contributed by atoms with Crippen LogP contribution in [0.1, 0.15) is 38.3 Å². The number of hydrogen-bond acceptors (Lipinski definition) is 2. The van der Waals surface area contributed by atoms with Gasteiger partial charge in [0.1, 0.15) is 5.60 Å². The zero-order valence-electron chi connectivity index (χ0n) is 11.4. The second-order valence-corrected chi connectivity index (χ2v) is 5.97. The number of benzene rings is 1. The lowest BCUT2D eigenvalue weighted by atomic mass is 9.53. The summed E-state index contributed by atoms with van der Waals surface area (Å²) in [7, 11) is 0. The van der Waals surface area contributed by atoms with Crippen molar-refractivity contribution in [1.82, 2.24) is 5.32 Å². The molecule has 1 saturated carbocycles. The summed E-state index contributed by atoms with van der Waals surface area (Å²) in [6.45, 7) is 7.57. The van der Waals surface area contributed by atoms with Crippen LogP contribution in [0.4, 0.5) is 0 Å². The van der Waals surface area contributed by atoms with E-state index in [0.29, 0.717) is 0 Å². The highest BCUT2D eigenvalue weighted by atomic mass is 16.3. The molecule has 3 nitrogen and oxygen atoms in total. The van der Waals surface area contributed by atoms with Crippen LogP contribution in [0.3, 0.4) is 0 Å². The van der Waals surface area contributed by atoms with Gasteiger partial charge in [-0.15, -0.1) is 0 Å². The average molecular weight is 247 g/mol. The van der Waals surface area contributed by atoms with E-state index in [1.165, 1.54) is 6.92 Å². The summed E-state index contributed by atoms with van der Waals surface area (Å²) >= 11 is 0. The minimum atomic E-state index is -0.980. The lowest BCUT2D eigenvalue weighted by Crippen LogP contribution is -2.68. The molecule has 2 N–H and O–H groups in total. The number of amides is 1. The van der Waals surface area contributed by atoms with Gasteiger partial charge in [-0.1, -0.05) is 43.7 Å². The molecule has 1 aromatic carbocycles. The standard InChI is InChI=1S/C15H21NO2/c1-10-5-7-12(8-6-10)15(18)13(16-11(2)17)9-14(15,3)4/h5-8,13,18H,9H2,1-4H3,(H,16,17). The average Bonchev–Trinajstić information content (AvgIpc) is 2.27. The normalized spacial score (nSPS) is 29.5. The maximum Gasteiger partial charge on any atom is 0.217 e. The lowest BCUT2D eigenvalue weighted by Gasteiger charge is -2.58. The quantitative estimate of drug-likeness (QED) is 0.841. The summed E-state index contributed by atoms with van der Waals surface area (Å²) in [5.74, 6) is -0.0963. The predicted molar refractivity (Wildman–Crippen MR) is 71.1 cm³/mol. The third-order valence-electron chi connectivity index (χ3n) is 4.12. The van der Waals surface area contributed by atoms with Crippen molar-refractivity contribution in [2.75, 3.05) is 0 Å². The Morgan fingerprint density at radius 2 is 1.89 bits per heavy atom. The molecule has 18 heavy (non-hydrogen) atoms. The minimum absolute atomic E-state index is 0.0963. The Labute approximate surface area is 108 Å². The fraction of sp³-hybridized carbons (Fsp3) is 0.533. The van der Waals surface area contributed by atoms with Crippen molar-refractivity contribution >= 4 is 5.91 Å². The van der Waals surface area contributed by atoms with Gasteiger partial charge in [-0.2, -0.15) is 0 Å². The van der Waals surface area contributed by atoms with Gasteiger partial charge in [0.2, 0.25) is 5.91 Å². The molecular weight excluding hydrogens is 226 g/mol. The molecule has 98 valence electrons. The molecule has 2 unspecified atom stereocenters. The number of carbonyl (C=O) groups is 1. The Bertz CT molecular complexity index is 464. The Hall–Kier alpha value is -1.35. The van der Waals surface area contributed by atoms with Gasteiger partial charge < -0.3 is 10.4 Å². The molecule has 1 fully saturated rings. The van der Waals surface area contributed by atoms with E-state index in [9.17, 15) is 9.90 Å². The number of aliphatic hydroxyl groups is 1. The maximum absolute atomic E-state index is 11.2. The van der Waals surface area contributed by atoms with Crippen LogP contribution in [0.25, 0.3) is 0 Å². The van der Waals surface area contributed by atoms with Crippen LogP contribution >= 0.6 is 0 Å². The molecule has 1 amide bonds. The molecule has 1 aliphatic rings. The highest BCUT2D eigenvalue weighted by Gasteiger charge is 2.60. The number of hydrogen-bond donors (Lipinski definition) is 2. The van der Waals surface area contributed by atoms with Crippen LogP contribution in [-0.4, -0.2) is 17.1 Å². The van der Waals surface area contributed by atoms with E-state index in [0.717, 1.165) is 17.5 Å². The third kappa shape index (κ3) is 1.83. The van der Waals surface area contributed by atoms with Crippen molar-refractivity contribution in [2.24, 2.45) is 5.41 Å². The fourth-order valence-electron chi connectivity index (χ4n) is 2.95. The van der Waals surface area contributed by atoms with Crippen LogP contribution in [0.2, 0.25) is 0 Å². The first kappa shape index (κ1) is 13.1. The van der Waals surface area contributed by atoms with Gasteiger partial charge in [-0.25, -0.2) is 0 Å². The molecule has 1 aliphatic carbocycles. The second kappa shape index (κ2) is 4.09. The topological polar surface area (TPSA) is 49.3 Å². The number of aryl methyl sites for hydroxylation is 1. The van der Waals surface area contributed by atoms with Crippen molar-refractivity contribution in [3.05, 3.63) is 35.4 Å². The zero-order valence-corrected chi connectivity index (χ0v) is 11.4. The predicted octanol–water partition coefficient (Wildman–Crippen LogP) is 2.12. The minimum Gasteiger partial charge on any atom is -0.382 e. The molecule has 0 radical (unpaired) electrons. The van der Waals surface area contributed by atoms with Crippen LogP contribution in [0.15, 0.2) is 24.3 Å². The van der Waals surface area contributed by atoms with E-state index in [2.05, 4.69) is 5.32 Å². The molecule has 0 aliphatic heterocycles. The molecule has 2 rings (SSSR count). The highest BCUT2D eigenvalue weighted by molar-refractivity contribution is 5.73. The smallest absolute Gasteiger partial charge is 0.217 e. The Kier molecular flexibility index (Phi) is 2.98. The first-order valence-electron chi connectivity index (χ1n) is 6.34. The second-order valence-electron chi connectivity index (χ2n) is 5.97. The first-order valence-corrected chi connectivity index (χ1v) is 6.34. The molecule has 0 heterocycles. The molecular formula is C15H21NO2. The van der Waals surface area contributed by atoms with E-state index in [1.807, 2.05) is 45.0 Å². The third-order valence-corrected chi connectivity index (χ3v) is 4.12. The molecule has 0 bridgehead atoms. The highest BCUT2D eigenvalue weighted by Crippen LogP contribution is 2.55. The van der Waals surface area contributed by atoms with Crippen LogP contribution in [-0.2, 0) is 10.4 Å². The molecule has 0 aromatic heterocycles. The summed E-state index contributed by atoms with van der Waals surface area (Å²) in [4.78, 5) is 11.2. The molecule has 0 saturated heterocycles. The van der Waals surface area contributed by atoms with E-state index < -0.39 is 5.60 Å². The van der Waals surface area contributed by atoms with Gasteiger partial charge in [0.25, 0.3) is 0 Å². The van der Waals surface area contributed by atoms with Crippen molar-refractivity contribution in [1.29, 1.82) is 0 Å². The Morgan fingerprint density at radius 3 is 2.33 bits per heavy atom.